The highest BCUT2D eigenvalue weighted by atomic mass is 16.5. The maximum absolute atomic E-state index is 4.97. The number of methoxy groups -OCH3 is 1. The number of allylic oxidation sites excluding steroid dienone is 2. The zero-order chi connectivity index (χ0) is 10.7. The van der Waals surface area contributed by atoms with Gasteiger partial charge >= 0.3 is 0 Å². The summed E-state index contributed by atoms with van der Waals surface area (Å²) in [6.07, 6.45) is 6.04. The molecule has 0 unspecified atom stereocenters. The SMILES string of the molecule is COCc1nc(C2=CC=CN(C)C2)n[nH]1. The standard InChI is InChI=1S/C10H14N4O/c1-14-5-3-4-8(6-14)10-11-9(7-15-2)12-13-10/h3-5H,6-7H2,1-2H3,(H,11,12,13). The van der Waals surface area contributed by atoms with Gasteiger partial charge in [-0.2, -0.15) is 5.10 Å². The van der Waals surface area contributed by atoms with Gasteiger partial charge in [-0.05, 0) is 12.3 Å². The molecule has 0 aromatic carbocycles. The Hall–Kier alpha value is -1.62. The third kappa shape index (κ3) is 2.24. The second kappa shape index (κ2) is 4.27. The zero-order valence-electron chi connectivity index (χ0n) is 8.90. The first-order valence-corrected chi connectivity index (χ1v) is 4.78. The smallest absolute Gasteiger partial charge is 0.178 e. The van der Waals surface area contributed by atoms with E-state index in [4.69, 9.17) is 4.74 Å². The molecule has 5 heteroatoms. The molecule has 2 rings (SSSR count). The maximum atomic E-state index is 4.97. The Morgan fingerprint density at radius 3 is 3.20 bits per heavy atom. The first-order valence-electron chi connectivity index (χ1n) is 4.78. The van der Waals surface area contributed by atoms with Gasteiger partial charge in [0.1, 0.15) is 6.61 Å². The van der Waals surface area contributed by atoms with Crippen LogP contribution in [0.2, 0.25) is 0 Å². The van der Waals surface area contributed by atoms with Crippen LogP contribution in [0, 0.1) is 0 Å². The van der Waals surface area contributed by atoms with Gasteiger partial charge in [-0.15, -0.1) is 0 Å². The van der Waals surface area contributed by atoms with Gasteiger partial charge < -0.3 is 9.64 Å². The summed E-state index contributed by atoms with van der Waals surface area (Å²) in [4.78, 5) is 6.42. The number of hydrogen-bond acceptors (Lipinski definition) is 4. The molecule has 1 aliphatic heterocycles. The molecular formula is C10H14N4O. The monoisotopic (exact) mass is 206 g/mol. The minimum Gasteiger partial charge on any atom is -0.377 e. The van der Waals surface area contributed by atoms with Crippen molar-refractivity contribution in [1.29, 1.82) is 0 Å². The number of ether oxygens (including phenoxy) is 1. The summed E-state index contributed by atoms with van der Waals surface area (Å²) < 4.78 is 4.97. The van der Waals surface area contributed by atoms with E-state index in [9.17, 15) is 0 Å². The van der Waals surface area contributed by atoms with E-state index in [0.29, 0.717) is 6.61 Å². The Kier molecular flexibility index (Phi) is 2.82. The molecule has 0 saturated carbocycles. The Morgan fingerprint density at radius 1 is 1.60 bits per heavy atom. The quantitative estimate of drug-likeness (QED) is 0.794. The van der Waals surface area contributed by atoms with Crippen LogP contribution in [0.5, 0.6) is 0 Å². The summed E-state index contributed by atoms with van der Waals surface area (Å²) in [7, 11) is 3.66. The van der Waals surface area contributed by atoms with E-state index in [2.05, 4.69) is 20.1 Å². The van der Waals surface area contributed by atoms with Gasteiger partial charge in [0.2, 0.25) is 0 Å². The van der Waals surface area contributed by atoms with Crippen LogP contribution in [-0.4, -0.2) is 40.8 Å². The van der Waals surface area contributed by atoms with Crippen molar-refractivity contribution in [3.05, 3.63) is 30.0 Å². The lowest BCUT2D eigenvalue weighted by molar-refractivity contribution is 0.178. The molecule has 1 aromatic heterocycles. The minimum absolute atomic E-state index is 0.464. The lowest BCUT2D eigenvalue weighted by Gasteiger charge is -2.17. The fraction of sp³-hybridized carbons (Fsp3) is 0.400. The normalized spacial score (nSPS) is 15.6. The number of likely N-dealkylation sites (N-methyl/N-ethyl adjacent to an activating group) is 1. The second-order valence-corrected chi connectivity index (χ2v) is 3.49. The van der Waals surface area contributed by atoms with Gasteiger partial charge in [0, 0.05) is 26.3 Å². The van der Waals surface area contributed by atoms with Crippen molar-refractivity contribution in [3.63, 3.8) is 0 Å². The lowest BCUT2D eigenvalue weighted by Crippen LogP contribution is -2.16. The van der Waals surface area contributed by atoms with E-state index < -0.39 is 0 Å². The van der Waals surface area contributed by atoms with Crippen molar-refractivity contribution in [2.75, 3.05) is 20.7 Å². The Bertz CT molecular complexity index is 394. The van der Waals surface area contributed by atoms with E-state index >= 15 is 0 Å². The molecule has 15 heavy (non-hydrogen) atoms. The number of aromatic nitrogens is 3. The summed E-state index contributed by atoms with van der Waals surface area (Å²) in [6, 6.07) is 0. The predicted octanol–water partition coefficient (Wildman–Crippen LogP) is 0.794. The van der Waals surface area contributed by atoms with Gasteiger partial charge in [0.05, 0.1) is 0 Å². The molecule has 1 N–H and O–H groups in total. The van der Waals surface area contributed by atoms with Crippen LogP contribution in [0.1, 0.15) is 11.6 Å². The van der Waals surface area contributed by atoms with Gasteiger partial charge in [-0.1, -0.05) is 6.08 Å². The highest BCUT2D eigenvalue weighted by molar-refractivity contribution is 5.64. The van der Waals surface area contributed by atoms with Crippen molar-refractivity contribution in [3.8, 4) is 0 Å². The molecule has 0 spiro atoms. The summed E-state index contributed by atoms with van der Waals surface area (Å²) in [5, 5.41) is 7.00. The molecule has 80 valence electrons. The summed E-state index contributed by atoms with van der Waals surface area (Å²) >= 11 is 0. The van der Waals surface area contributed by atoms with Crippen LogP contribution in [-0.2, 0) is 11.3 Å². The molecule has 2 heterocycles. The van der Waals surface area contributed by atoms with Gasteiger partial charge in [0.25, 0.3) is 0 Å². The maximum Gasteiger partial charge on any atom is 0.178 e. The zero-order valence-corrected chi connectivity index (χ0v) is 8.90. The highest BCUT2D eigenvalue weighted by Crippen LogP contribution is 2.14. The van der Waals surface area contributed by atoms with E-state index in [1.54, 1.807) is 7.11 Å². The summed E-state index contributed by atoms with van der Waals surface area (Å²) in [6.45, 7) is 1.30. The first-order chi connectivity index (χ1) is 7.29. The molecule has 0 saturated heterocycles. The van der Waals surface area contributed by atoms with Gasteiger partial charge in [-0.25, -0.2) is 4.98 Å². The largest absolute Gasteiger partial charge is 0.377 e. The average molecular weight is 206 g/mol. The van der Waals surface area contributed by atoms with Crippen molar-refractivity contribution in [2.24, 2.45) is 0 Å². The number of aromatic amines is 1. The minimum atomic E-state index is 0.464. The van der Waals surface area contributed by atoms with Crippen molar-refractivity contribution in [1.82, 2.24) is 20.1 Å². The fourth-order valence-corrected chi connectivity index (χ4v) is 1.47. The number of H-pyrrole nitrogens is 1. The molecular weight excluding hydrogens is 192 g/mol. The Labute approximate surface area is 88.5 Å². The average Bonchev–Trinajstić information content (AvgIpc) is 2.67. The van der Waals surface area contributed by atoms with Crippen LogP contribution >= 0.6 is 0 Å². The Balaban J connectivity index is 2.15. The predicted molar refractivity (Wildman–Crippen MR) is 56.8 cm³/mol. The number of rotatable bonds is 3. The molecule has 5 nitrogen and oxygen atoms in total. The molecule has 1 aromatic rings. The van der Waals surface area contributed by atoms with E-state index in [0.717, 1.165) is 23.8 Å². The van der Waals surface area contributed by atoms with Gasteiger partial charge in [-0.3, -0.25) is 5.10 Å². The van der Waals surface area contributed by atoms with E-state index in [-0.39, 0.29) is 0 Å². The van der Waals surface area contributed by atoms with Crippen LogP contribution in [0.15, 0.2) is 18.4 Å². The molecule has 0 aliphatic carbocycles. The molecule has 1 aliphatic rings. The Morgan fingerprint density at radius 2 is 2.47 bits per heavy atom. The third-order valence-corrected chi connectivity index (χ3v) is 2.16. The van der Waals surface area contributed by atoms with Crippen LogP contribution in [0.4, 0.5) is 0 Å². The van der Waals surface area contributed by atoms with Crippen LogP contribution < -0.4 is 0 Å². The number of hydrogen-bond donors (Lipinski definition) is 1. The highest BCUT2D eigenvalue weighted by Gasteiger charge is 2.11. The molecule has 0 radical (unpaired) electrons. The van der Waals surface area contributed by atoms with Gasteiger partial charge in [0.15, 0.2) is 11.6 Å². The van der Waals surface area contributed by atoms with Crippen molar-refractivity contribution >= 4 is 5.57 Å². The fourth-order valence-electron chi connectivity index (χ4n) is 1.47. The van der Waals surface area contributed by atoms with Crippen molar-refractivity contribution in [2.45, 2.75) is 6.61 Å². The van der Waals surface area contributed by atoms with Crippen LogP contribution in [0.3, 0.4) is 0 Å². The molecule has 0 fully saturated rings. The third-order valence-electron chi connectivity index (χ3n) is 2.16. The number of nitrogens with zero attached hydrogens (tertiary/aromatic N) is 3. The first kappa shape index (κ1) is 9.92. The lowest BCUT2D eigenvalue weighted by atomic mass is 10.2. The van der Waals surface area contributed by atoms with Crippen LogP contribution in [0.25, 0.3) is 5.57 Å². The van der Waals surface area contributed by atoms with Crippen molar-refractivity contribution < 1.29 is 4.74 Å². The molecule has 0 bridgehead atoms. The molecule has 0 atom stereocenters. The van der Waals surface area contributed by atoms with E-state index in [1.165, 1.54) is 0 Å². The summed E-state index contributed by atoms with van der Waals surface area (Å²) in [5.41, 5.74) is 1.11. The van der Waals surface area contributed by atoms with E-state index in [1.807, 2.05) is 25.4 Å². The molecule has 0 amide bonds. The number of nitrogens with one attached hydrogen (secondary N) is 1. The summed E-state index contributed by atoms with van der Waals surface area (Å²) in [5.74, 6) is 1.50. The topological polar surface area (TPSA) is 54.0 Å². The second-order valence-electron chi connectivity index (χ2n) is 3.49.